The van der Waals surface area contributed by atoms with Gasteiger partial charge in [0.15, 0.2) is 0 Å². The average Bonchev–Trinajstić information content (AvgIpc) is 1.88. The number of allylic oxidation sites excluding steroid dienone is 2. The smallest absolute Gasteiger partial charge is 0.118 e. The minimum atomic E-state index is -0.257. The molecule has 56 valence electrons. The van der Waals surface area contributed by atoms with Crippen molar-refractivity contribution in [2.45, 2.75) is 0 Å². The fraction of sp³-hybridized carbons (Fsp3) is 0.143. The Morgan fingerprint density at radius 3 is 2.30 bits per heavy atom. The Morgan fingerprint density at radius 2 is 1.90 bits per heavy atom. The Balaban J connectivity index is 4.11. The molecule has 10 heavy (non-hydrogen) atoms. The maximum atomic E-state index is 8.77. The molecule has 0 rings (SSSR count). The summed E-state index contributed by atoms with van der Waals surface area (Å²) < 4.78 is 0. The van der Waals surface area contributed by atoms with Gasteiger partial charge in [0, 0.05) is 6.08 Å². The maximum absolute atomic E-state index is 8.77. The van der Waals surface area contributed by atoms with E-state index in [-0.39, 0.29) is 18.1 Å². The van der Waals surface area contributed by atoms with E-state index in [2.05, 4.69) is 6.58 Å². The Kier molecular flexibility index (Phi) is 4.07. The van der Waals surface area contributed by atoms with Crippen LogP contribution in [0.3, 0.4) is 0 Å². The van der Waals surface area contributed by atoms with E-state index in [4.69, 9.17) is 15.3 Å². The van der Waals surface area contributed by atoms with Gasteiger partial charge in [-0.15, -0.1) is 0 Å². The quantitative estimate of drug-likeness (QED) is 0.407. The van der Waals surface area contributed by atoms with Crippen molar-refractivity contribution in [2.75, 3.05) is 6.61 Å². The molecule has 0 aliphatic carbocycles. The lowest BCUT2D eigenvalue weighted by Crippen LogP contribution is -1.81. The van der Waals surface area contributed by atoms with Gasteiger partial charge in [-0.05, 0) is 12.2 Å². The zero-order valence-electron chi connectivity index (χ0n) is 5.49. The molecular weight excluding hydrogens is 132 g/mol. The summed E-state index contributed by atoms with van der Waals surface area (Å²) in [6, 6.07) is 0. The summed E-state index contributed by atoms with van der Waals surface area (Å²) in [4.78, 5) is 0. The van der Waals surface area contributed by atoms with Crippen molar-refractivity contribution < 1.29 is 15.3 Å². The molecule has 0 aliphatic rings. The summed E-state index contributed by atoms with van der Waals surface area (Å²) in [5.74, 6) is -0.317. The molecule has 0 heterocycles. The Labute approximate surface area is 59.2 Å². The van der Waals surface area contributed by atoms with Gasteiger partial charge in [0.25, 0.3) is 0 Å². The van der Waals surface area contributed by atoms with Gasteiger partial charge in [0.05, 0.1) is 6.61 Å². The molecule has 0 fully saturated rings. The van der Waals surface area contributed by atoms with Gasteiger partial charge in [0.2, 0.25) is 0 Å². The maximum Gasteiger partial charge on any atom is 0.118 e. The first-order chi connectivity index (χ1) is 4.70. The van der Waals surface area contributed by atoms with Crippen LogP contribution in [0.25, 0.3) is 0 Å². The summed E-state index contributed by atoms with van der Waals surface area (Å²) in [7, 11) is 0. The van der Waals surface area contributed by atoms with Crippen molar-refractivity contribution in [2.24, 2.45) is 0 Å². The second-order valence-electron chi connectivity index (χ2n) is 1.58. The monoisotopic (exact) mass is 142 g/mol. The molecular formula is C7H10O3. The molecule has 3 heteroatoms. The second-order valence-corrected chi connectivity index (χ2v) is 1.58. The standard InChI is InChI=1S/C7H10O3/c1-2-6(9)5-7(10)3-4-8/h2-3,5,8-10H,1,4H2/b6-5+,7-3+. The van der Waals surface area contributed by atoms with Crippen LogP contribution in [-0.4, -0.2) is 21.9 Å². The zero-order valence-corrected chi connectivity index (χ0v) is 5.49. The third kappa shape index (κ3) is 3.74. The first-order valence-electron chi connectivity index (χ1n) is 2.73. The lowest BCUT2D eigenvalue weighted by Gasteiger charge is -1.90. The van der Waals surface area contributed by atoms with E-state index in [1.54, 1.807) is 0 Å². The van der Waals surface area contributed by atoms with Crippen LogP contribution in [0.2, 0.25) is 0 Å². The number of hydrogen-bond donors (Lipinski definition) is 3. The van der Waals surface area contributed by atoms with Gasteiger partial charge in [-0.25, -0.2) is 0 Å². The number of aliphatic hydroxyl groups is 3. The molecule has 0 aliphatic heterocycles. The molecule has 3 N–H and O–H groups in total. The highest BCUT2D eigenvalue weighted by molar-refractivity contribution is 5.19. The first kappa shape index (κ1) is 8.78. The zero-order chi connectivity index (χ0) is 7.98. The largest absolute Gasteiger partial charge is 0.508 e. The topological polar surface area (TPSA) is 60.7 Å². The van der Waals surface area contributed by atoms with Gasteiger partial charge in [0.1, 0.15) is 11.5 Å². The molecule has 0 bridgehead atoms. The van der Waals surface area contributed by atoms with E-state index in [1.807, 2.05) is 0 Å². The number of rotatable bonds is 3. The van der Waals surface area contributed by atoms with Crippen LogP contribution in [0.1, 0.15) is 0 Å². The van der Waals surface area contributed by atoms with Crippen LogP contribution >= 0.6 is 0 Å². The van der Waals surface area contributed by atoms with Gasteiger partial charge in [-0.2, -0.15) is 0 Å². The molecule has 0 saturated heterocycles. The summed E-state index contributed by atoms with van der Waals surface area (Å²) in [6.45, 7) is 3.00. The summed E-state index contributed by atoms with van der Waals surface area (Å²) in [5, 5.41) is 25.7. The van der Waals surface area contributed by atoms with Crippen molar-refractivity contribution in [3.8, 4) is 0 Å². The van der Waals surface area contributed by atoms with E-state index < -0.39 is 0 Å². The third-order valence-corrected chi connectivity index (χ3v) is 0.805. The normalized spacial score (nSPS) is 13.3. The first-order valence-corrected chi connectivity index (χ1v) is 2.73. The van der Waals surface area contributed by atoms with Crippen LogP contribution in [-0.2, 0) is 0 Å². The van der Waals surface area contributed by atoms with Crippen molar-refractivity contribution in [3.05, 3.63) is 36.3 Å². The SMILES string of the molecule is C=C/C(O)=C\C(O)=C/CO. The van der Waals surface area contributed by atoms with Gasteiger partial charge < -0.3 is 15.3 Å². The van der Waals surface area contributed by atoms with Gasteiger partial charge >= 0.3 is 0 Å². The highest BCUT2D eigenvalue weighted by Gasteiger charge is 1.87. The molecule has 0 aromatic carbocycles. The molecule has 0 radical (unpaired) electrons. The minimum Gasteiger partial charge on any atom is -0.508 e. The van der Waals surface area contributed by atoms with E-state index >= 15 is 0 Å². The van der Waals surface area contributed by atoms with Crippen LogP contribution in [0.4, 0.5) is 0 Å². The van der Waals surface area contributed by atoms with Gasteiger partial charge in [-0.3, -0.25) is 0 Å². The Bertz CT molecular complexity index is 168. The van der Waals surface area contributed by atoms with Gasteiger partial charge in [-0.1, -0.05) is 6.58 Å². The number of aliphatic hydroxyl groups excluding tert-OH is 3. The summed E-state index contributed by atoms with van der Waals surface area (Å²) in [5.41, 5.74) is 0. The molecule has 0 amide bonds. The van der Waals surface area contributed by atoms with E-state index in [9.17, 15) is 0 Å². The summed E-state index contributed by atoms with van der Waals surface area (Å²) in [6.07, 6.45) is 3.42. The van der Waals surface area contributed by atoms with Crippen molar-refractivity contribution in [1.29, 1.82) is 0 Å². The molecule has 0 unspecified atom stereocenters. The average molecular weight is 142 g/mol. The van der Waals surface area contributed by atoms with Crippen LogP contribution in [0, 0.1) is 0 Å². The third-order valence-electron chi connectivity index (χ3n) is 0.805. The van der Waals surface area contributed by atoms with Crippen LogP contribution in [0.15, 0.2) is 36.3 Å². The minimum absolute atomic E-state index is 0.137. The van der Waals surface area contributed by atoms with Crippen LogP contribution < -0.4 is 0 Å². The van der Waals surface area contributed by atoms with Crippen LogP contribution in [0.5, 0.6) is 0 Å². The lowest BCUT2D eigenvalue weighted by atomic mass is 10.3. The molecule has 0 aromatic rings. The van der Waals surface area contributed by atoms with E-state index in [0.29, 0.717) is 0 Å². The predicted molar refractivity (Wildman–Crippen MR) is 38.7 cm³/mol. The molecule has 0 spiro atoms. The fourth-order valence-electron chi connectivity index (χ4n) is 0.363. The van der Waals surface area contributed by atoms with Crippen molar-refractivity contribution >= 4 is 0 Å². The lowest BCUT2D eigenvalue weighted by molar-refractivity contribution is 0.331. The van der Waals surface area contributed by atoms with E-state index in [1.165, 1.54) is 6.08 Å². The number of hydrogen-bond acceptors (Lipinski definition) is 3. The highest BCUT2D eigenvalue weighted by Crippen LogP contribution is 1.96. The molecule has 0 atom stereocenters. The second kappa shape index (κ2) is 4.64. The highest BCUT2D eigenvalue weighted by atomic mass is 16.3. The van der Waals surface area contributed by atoms with Crippen molar-refractivity contribution in [1.82, 2.24) is 0 Å². The Morgan fingerprint density at radius 1 is 1.30 bits per heavy atom. The predicted octanol–water partition coefficient (Wildman–Crippen LogP) is 1.05. The molecule has 0 saturated carbocycles. The Hall–Kier alpha value is -1.22. The van der Waals surface area contributed by atoms with Crippen molar-refractivity contribution in [3.63, 3.8) is 0 Å². The summed E-state index contributed by atoms with van der Waals surface area (Å²) >= 11 is 0. The molecule has 3 nitrogen and oxygen atoms in total. The van der Waals surface area contributed by atoms with E-state index in [0.717, 1.165) is 12.2 Å². The fourth-order valence-corrected chi connectivity index (χ4v) is 0.363. The molecule has 0 aromatic heterocycles.